The zero-order valence-electron chi connectivity index (χ0n) is 27.7. The van der Waals surface area contributed by atoms with Crippen molar-refractivity contribution in [1.29, 1.82) is 0 Å². The van der Waals surface area contributed by atoms with Gasteiger partial charge >= 0.3 is 0 Å². The number of nitrogens with one attached hydrogen (secondary N) is 4. The molecule has 2 aromatic carbocycles. The highest BCUT2D eigenvalue weighted by Gasteiger charge is 2.29. The molecule has 0 saturated heterocycles. The van der Waals surface area contributed by atoms with E-state index >= 15 is 0 Å². The maximum atomic E-state index is 13.8. The van der Waals surface area contributed by atoms with Gasteiger partial charge < -0.3 is 60.1 Å². The third-order valence-electron chi connectivity index (χ3n) is 7.83. The molecule has 2 rings (SSSR count). The van der Waals surface area contributed by atoms with Crippen LogP contribution < -0.4 is 49.9 Å². The molecular weight excluding hydrogens is 618 g/mol. The maximum Gasteiger partial charge on any atom is 0.243 e. The minimum Gasteiger partial charge on any atom is -0.508 e. The van der Waals surface area contributed by atoms with Crippen molar-refractivity contribution in [2.24, 2.45) is 28.7 Å². The maximum absolute atomic E-state index is 13.8. The number of aryl methyl sites for hydroxylation is 1. The lowest BCUT2D eigenvalue weighted by atomic mass is 9.96. The molecule has 16 N–H and O–H groups in total. The van der Waals surface area contributed by atoms with Crippen LogP contribution in [0, 0.1) is 6.92 Å². The van der Waals surface area contributed by atoms with E-state index in [2.05, 4.69) is 21.3 Å². The van der Waals surface area contributed by atoms with Crippen molar-refractivity contribution < 1.29 is 29.4 Å². The number of amides is 4. The first-order valence-electron chi connectivity index (χ1n) is 16.3. The van der Waals surface area contributed by atoms with Gasteiger partial charge in [-0.25, -0.2) is 0 Å². The fourth-order valence-electron chi connectivity index (χ4n) is 5.06. The molecule has 15 heteroatoms. The van der Waals surface area contributed by atoms with Crippen LogP contribution in [0.4, 0.5) is 0 Å². The van der Waals surface area contributed by atoms with Gasteiger partial charge in [-0.2, -0.15) is 0 Å². The first-order chi connectivity index (χ1) is 22.9. The van der Waals surface area contributed by atoms with E-state index in [1.54, 1.807) is 37.3 Å². The van der Waals surface area contributed by atoms with Crippen LogP contribution in [-0.2, 0) is 25.6 Å². The Morgan fingerprint density at radius 2 is 1.35 bits per heavy atom. The van der Waals surface area contributed by atoms with Gasteiger partial charge in [-0.15, -0.1) is 0 Å². The zero-order chi connectivity index (χ0) is 35.6. The van der Waals surface area contributed by atoms with Gasteiger partial charge in [0.2, 0.25) is 23.6 Å². The second-order valence-electron chi connectivity index (χ2n) is 11.8. The van der Waals surface area contributed by atoms with Gasteiger partial charge in [-0.05, 0) is 105 Å². The van der Waals surface area contributed by atoms with Crippen molar-refractivity contribution >= 4 is 23.6 Å². The fourth-order valence-corrected chi connectivity index (χ4v) is 5.06. The Morgan fingerprint density at radius 1 is 0.729 bits per heavy atom. The Hall–Kier alpha value is -4.28. The van der Waals surface area contributed by atoms with Gasteiger partial charge in [-0.3, -0.25) is 19.2 Å². The lowest BCUT2D eigenvalue weighted by Gasteiger charge is -2.26. The molecule has 15 nitrogen and oxygen atoms in total. The summed E-state index contributed by atoms with van der Waals surface area (Å²) in [6.45, 7) is 2.60. The predicted octanol–water partition coefficient (Wildman–Crippen LogP) is -1.31. The van der Waals surface area contributed by atoms with Crippen LogP contribution >= 0.6 is 0 Å². The van der Waals surface area contributed by atoms with Crippen LogP contribution in [0.2, 0.25) is 0 Å². The summed E-state index contributed by atoms with van der Waals surface area (Å²) in [5.74, 6) is -2.13. The molecule has 0 saturated carbocycles. The largest absolute Gasteiger partial charge is 0.508 e. The van der Waals surface area contributed by atoms with Crippen LogP contribution in [0.25, 0.3) is 11.1 Å². The Labute approximate surface area is 281 Å². The summed E-state index contributed by atoms with van der Waals surface area (Å²) in [4.78, 5) is 52.2. The summed E-state index contributed by atoms with van der Waals surface area (Å²) in [7, 11) is 0. The molecular formula is C33H53N9O6. The van der Waals surface area contributed by atoms with E-state index in [0.29, 0.717) is 36.1 Å². The van der Waals surface area contributed by atoms with Gasteiger partial charge in [0.25, 0.3) is 0 Å². The molecule has 0 aliphatic rings. The molecule has 0 radical (unpaired) electrons. The highest BCUT2D eigenvalue weighted by molar-refractivity contribution is 5.93. The number of carbonyl (C=O) groups is 4. The van der Waals surface area contributed by atoms with Crippen molar-refractivity contribution in [3.8, 4) is 22.6 Å². The fraction of sp³-hybridized carbons (Fsp3) is 0.515. The summed E-state index contributed by atoms with van der Waals surface area (Å²) < 4.78 is 0. The minimum absolute atomic E-state index is 0.0835. The number of rotatable bonds is 21. The third-order valence-corrected chi connectivity index (χ3v) is 7.83. The molecule has 4 amide bonds. The number of benzene rings is 2. The Balaban J connectivity index is 2.36. The van der Waals surface area contributed by atoms with Gasteiger partial charge in [-0.1, -0.05) is 12.1 Å². The van der Waals surface area contributed by atoms with E-state index in [4.69, 9.17) is 28.7 Å². The summed E-state index contributed by atoms with van der Waals surface area (Å²) in [6.07, 6.45) is 2.04. The third kappa shape index (κ3) is 13.4. The molecule has 0 heterocycles. The SMILES string of the molecule is Cc1cc(-c2ccc(O)c(C[C@H](NC(=O)[C@H](CCCN)NC(=O)CN)C(=O)NC(CCN)CC(=O)NC[C@@H](N)CCCN)c2)ccc1O. The number of hydrogen-bond donors (Lipinski definition) is 11. The average molecular weight is 672 g/mol. The molecule has 0 aliphatic carbocycles. The van der Waals surface area contributed by atoms with E-state index in [0.717, 1.165) is 12.0 Å². The molecule has 2 aromatic rings. The Bertz CT molecular complexity index is 1360. The van der Waals surface area contributed by atoms with Crippen molar-refractivity contribution in [1.82, 2.24) is 21.3 Å². The summed E-state index contributed by atoms with van der Waals surface area (Å²) in [5.41, 5.74) is 30.9. The van der Waals surface area contributed by atoms with Crippen molar-refractivity contribution in [3.05, 3.63) is 47.5 Å². The Morgan fingerprint density at radius 3 is 1.98 bits per heavy atom. The minimum atomic E-state index is -1.23. The summed E-state index contributed by atoms with van der Waals surface area (Å²) in [5, 5.41) is 31.7. The second-order valence-corrected chi connectivity index (χ2v) is 11.8. The van der Waals surface area contributed by atoms with Crippen LogP contribution in [-0.4, -0.2) is 90.7 Å². The van der Waals surface area contributed by atoms with Crippen molar-refractivity contribution in [2.45, 2.75) is 76.0 Å². The van der Waals surface area contributed by atoms with E-state index in [1.807, 2.05) is 0 Å². The highest BCUT2D eigenvalue weighted by atomic mass is 16.3. The van der Waals surface area contributed by atoms with Crippen LogP contribution in [0.3, 0.4) is 0 Å². The lowest BCUT2D eigenvalue weighted by Crippen LogP contribution is -2.56. The van der Waals surface area contributed by atoms with Gasteiger partial charge in [0, 0.05) is 31.5 Å². The molecule has 1 unspecified atom stereocenters. The second kappa shape index (κ2) is 20.8. The first-order valence-corrected chi connectivity index (χ1v) is 16.3. The molecule has 266 valence electrons. The molecule has 4 atom stereocenters. The number of phenols is 2. The van der Waals surface area contributed by atoms with E-state index < -0.39 is 35.8 Å². The molecule has 48 heavy (non-hydrogen) atoms. The number of carbonyl (C=O) groups excluding carboxylic acids is 4. The molecule has 0 bridgehead atoms. The topological polar surface area (TPSA) is 287 Å². The monoisotopic (exact) mass is 671 g/mol. The van der Waals surface area contributed by atoms with Crippen LogP contribution in [0.1, 0.15) is 49.7 Å². The highest BCUT2D eigenvalue weighted by Crippen LogP contribution is 2.30. The molecule has 0 spiro atoms. The number of hydrogen-bond acceptors (Lipinski definition) is 11. The van der Waals surface area contributed by atoms with Crippen LogP contribution in [0.15, 0.2) is 36.4 Å². The average Bonchev–Trinajstić information content (AvgIpc) is 3.06. The normalized spacial score (nSPS) is 13.5. The van der Waals surface area contributed by atoms with E-state index in [1.165, 1.54) is 6.07 Å². The molecule has 0 aliphatic heterocycles. The first kappa shape index (κ1) is 39.9. The van der Waals surface area contributed by atoms with E-state index in [9.17, 15) is 29.4 Å². The smallest absolute Gasteiger partial charge is 0.243 e. The molecule has 0 aromatic heterocycles. The number of phenolic OH excluding ortho intramolecular Hbond substituents is 2. The molecule has 0 fully saturated rings. The van der Waals surface area contributed by atoms with Crippen molar-refractivity contribution in [2.75, 3.05) is 32.7 Å². The standard InChI is InChI=1S/C33H53N9O6/c1-20-14-21(6-8-28(20)43)22-7-9-29(44)23(15-22)16-27(42-32(47)26(5-3-12-35)41-31(46)18-37)33(48)40-25(10-13-36)17-30(45)39-19-24(38)4-2-11-34/h6-9,14-15,24-27,43-44H,2-5,10-13,16-19,34-38H2,1H3,(H,39,45)(H,40,48)(H,41,46)(H,42,47)/t24-,25?,26-,27-/m0/s1. The number of nitrogens with two attached hydrogens (primary N) is 5. The summed E-state index contributed by atoms with van der Waals surface area (Å²) in [6, 6.07) is 6.75. The van der Waals surface area contributed by atoms with Crippen LogP contribution in [0.5, 0.6) is 11.5 Å². The van der Waals surface area contributed by atoms with Gasteiger partial charge in [0.05, 0.1) is 6.54 Å². The quantitative estimate of drug-likeness (QED) is 0.0741. The number of aromatic hydroxyl groups is 2. The van der Waals surface area contributed by atoms with Gasteiger partial charge in [0.15, 0.2) is 0 Å². The summed E-state index contributed by atoms with van der Waals surface area (Å²) >= 11 is 0. The van der Waals surface area contributed by atoms with E-state index in [-0.39, 0.29) is 75.3 Å². The predicted molar refractivity (Wildman–Crippen MR) is 184 cm³/mol. The Kier molecular flexibility index (Phi) is 17.3. The van der Waals surface area contributed by atoms with Gasteiger partial charge in [0.1, 0.15) is 23.6 Å². The zero-order valence-corrected chi connectivity index (χ0v) is 27.7. The van der Waals surface area contributed by atoms with Crippen molar-refractivity contribution in [3.63, 3.8) is 0 Å². The lowest BCUT2D eigenvalue weighted by molar-refractivity contribution is -0.132.